The molecule has 0 aliphatic carbocycles. The molecule has 118 valence electrons. The van der Waals surface area contributed by atoms with Crippen molar-refractivity contribution in [2.24, 2.45) is 16.3 Å². The number of H-pyrrole nitrogens is 1. The molecule has 2 aliphatic heterocycles. The molecule has 0 fully saturated rings. The Kier molecular flexibility index (Phi) is 2.82. The molecule has 5 N–H and O–H groups in total. The van der Waals surface area contributed by atoms with Gasteiger partial charge in [-0.2, -0.15) is 5.10 Å². The number of nitrogens with one attached hydrogen (secondary N) is 3. The molecule has 0 amide bonds. The summed E-state index contributed by atoms with van der Waals surface area (Å²) in [6.45, 7) is 6.59. The van der Waals surface area contributed by atoms with Crippen LogP contribution in [-0.4, -0.2) is 17.0 Å². The number of amidine groups is 1. The number of aromatic nitrogens is 1. The van der Waals surface area contributed by atoms with E-state index in [0.29, 0.717) is 5.84 Å². The Bertz CT molecular complexity index is 876. The van der Waals surface area contributed by atoms with Gasteiger partial charge in [0.05, 0.1) is 0 Å². The summed E-state index contributed by atoms with van der Waals surface area (Å²) in [5.74, 6) is 0.548. The van der Waals surface area contributed by atoms with E-state index in [2.05, 4.69) is 72.1 Å². The zero-order valence-corrected chi connectivity index (χ0v) is 13.6. The molecule has 23 heavy (non-hydrogen) atoms. The fraction of sp³-hybridized carbons (Fsp3) is 0.278. The summed E-state index contributed by atoms with van der Waals surface area (Å²) in [5.41, 5.74) is 14.8. The van der Waals surface area contributed by atoms with Crippen LogP contribution in [0.2, 0.25) is 0 Å². The van der Waals surface area contributed by atoms with Crippen molar-refractivity contribution in [3.63, 3.8) is 0 Å². The number of hydrazone groups is 1. The molecule has 0 saturated heterocycles. The first kappa shape index (κ1) is 13.9. The van der Waals surface area contributed by atoms with E-state index < -0.39 is 0 Å². The van der Waals surface area contributed by atoms with E-state index in [1.165, 1.54) is 11.1 Å². The fourth-order valence-corrected chi connectivity index (χ4v) is 3.17. The van der Waals surface area contributed by atoms with Crippen LogP contribution in [-0.2, 0) is 0 Å². The molecule has 0 radical (unpaired) electrons. The van der Waals surface area contributed by atoms with E-state index in [0.717, 1.165) is 22.2 Å². The molecule has 1 atom stereocenters. The number of allylic oxidation sites excluding steroid dienone is 3. The number of nitrogens with two attached hydrogens (primary N) is 1. The minimum Gasteiger partial charge on any atom is -0.382 e. The Morgan fingerprint density at radius 2 is 1.96 bits per heavy atom. The standard InChI is InChI=1S/C18H21N5/c1-18(2,3)14-8-11(15-16(19)22-23-17(15)21-14)12-9-20-13-7-5-4-6-10(12)13/h4-9,17,20-21,23H,1-3H3,(H2,19,22). The van der Waals surface area contributed by atoms with Crippen LogP contribution in [0.4, 0.5) is 0 Å². The Hall–Kier alpha value is -2.69. The van der Waals surface area contributed by atoms with Crippen molar-refractivity contribution in [3.8, 4) is 0 Å². The third-order valence-electron chi connectivity index (χ3n) is 4.44. The van der Waals surface area contributed by atoms with E-state index in [4.69, 9.17) is 5.73 Å². The summed E-state index contributed by atoms with van der Waals surface area (Å²) in [4.78, 5) is 3.35. The Balaban J connectivity index is 1.97. The van der Waals surface area contributed by atoms with E-state index in [-0.39, 0.29) is 11.6 Å². The average molecular weight is 307 g/mol. The number of para-hydroxylation sites is 1. The molecule has 3 heterocycles. The quantitative estimate of drug-likeness (QED) is 0.654. The van der Waals surface area contributed by atoms with E-state index in [1.54, 1.807) is 0 Å². The first-order chi connectivity index (χ1) is 10.9. The molecular weight excluding hydrogens is 286 g/mol. The lowest BCUT2D eigenvalue weighted by molar-refractivity contribution is 0.424. The highest BCUT2D eigenvalue weighted by Crippen LogP contribution is 2.37. The number of rotatable bonds is 1. The second kappa shape index (κ2) is 4.65. The van der Waals surface area contributed by atoms with E-state index in [1.807, 2.05) is 6.07 Å². The van der Waals surface area contributed by atoms with Gasteiger partial charge in [0.15, 0.2) is 5.84 Å². The monoisotopic (exact) mass is 307 g/mol. The van der Waals surface area contributed by atoms with Crippen molar-refractivity contribution in [1.82, 2.24) is 15.7 Å². The molecule has 4 rings (SSSR count). The molecule has 0 bridgehead atoms. The first-order valence-corrected chi connectivity index (χ1v) is 7.83. The number of fused-ring (bicyclic) bond motifs is 2. The maximum absolute atomic E-state index is 6.13. The summed E-state index contributed by atoms with van der Waals surface area (Å²) < 4.78 is 0. The maximum atomic E-state index is 6.13. The van der Waals surface area contributed by atoms with Gasteiger partial charge in [-0.3, -0.25) is 5.43 Å². The number of hydrogen-bond donors (Lipinski definition) is 4. The molecule has 0 saturated carbocycles. The van der Waals surface area contributed by atoms with Crippen molar-refractivity contribution in [2.45, 2.75) is 26.9 Å². The predicted octanol–water partition coefficient (Wildman–Crippen LogP) is 2.66. The van der Waals surface area contributed by atoms with Crippen LogP contribution in [0, 0.1) is 5.41 Å². The summed E-state index contributed by atoms with van der Waals surface area (Å²) >= 11 is 0. The third kappa shape index (κ3) is 2.11. The van der Waals surface area contributed by atoms with Crippen molar-refractivity contribution in [1.29, 1.82) is 0 Å². The van der Waals surface area contributed by atoms with Gasteiger partial charge in [-0.25, -0.2) is 0 Å². The largest absolute Gasteiger partial charge is 0.382 e. The van der Waals surface area contributed by atoms with Crippen molar-refractivity contribution in [3.05, 3.63) is 53.4 Å². The highest BCUT2D eigenvalue weighted by atomic mass is 15.4. The number of nitrogens with zero attached hydrogens (tertiary/aromatic N) is 1. The highest BCUT2D eigenvalue weighted by Gasteiger charge is 2.34. The summed E-state index contributed by atoms with van der Waals surface area (Å²) in [7, 11) is 0. The number of aromatic amines is 1. The Morgan fingerprint density at radius 3 is 2.74 bits per heavy atom. The van der Waals surface area contributed by atoms with Crippen LogP contribution in [0.15, 0.2) is 52.9 Å². The van der Waals surface area contributed by atoms with Crippen molar-refractivity contribution in [2.75, 3.05) is 0 Å². The van der Waals surface area contributed by atoms with Gasteiger partial charge < -0.3 is 16.0 Å². The summed E-state index contributed by atoms with van der Waals surface area (Å²) in [5, 5.41) is 8.93. The van der Waals surface area contributed by atoms with Gasteiger partial charge in [0, 0.05) is 39.3 Å². The second-order valence-corrected chi connectivity index (χ2v) is 7.09. The van der Waals surface area contributed by atoms with Gasteiger partial charge in [0.2, 0.25) is 0 Å². The highest BCUT2D eigenvalue weighted by molar-refractivity contribution is 6.11. The molecule has 5 nitrogen and oxygen atoms in total. The van der Waals surface area contributed by atoms with E-state index >= 15 is 0 Å². The molecule has 2 aliphatic rings. The zero-order chi connectivity index (χ0) is 16.2. The minimum atomic E-state index is -0.0714. The zero-order valence-electron chi connectivity index (χ0n) is 13.6. The third-order valence-corrected chi connectivity index (χ3v) is 4.44. The van der Waals surface area contributed by atoms with Gasteiger partial charge in [-0.05, 0) is 17.7 Å². The maximum Gasteiger partial charge on any atom is 0.151 e. The lowest BCUT2D eigenvalue weighted by Gasteiger charge is -2.32. The van der Waals surface area contributed by atoms with Crippen LogP contribution in [0.25, 0.3) is 16.5 Å². The van der Waals surface area contributed by atoms with Gasteiger partial charge in [-0.1, -0.05) is 39.0 Å². The number of benzene rings is 1. The topological polar surface area (TPSA) is 78.2 Å². The summed E-state index contributed by atoms with van der Waals surface area (Å²) in [6, 6.07) is 8.31. The lowest BCUT2D eigenvalue weighted by Crippen LogP contribution is -2.44. The van der Waals surface area contributed by atoms with Crippen LogP contribution >= 0.6 is 0 Å². The predicted molar refractivity (Wildman–Crippen MR) is 94.4 cm³/mol. The molecule has 5 heteroatoms. The van der Waals surface area contributed by atoms with Crippen LogP contribution in [0.1, 0.15) is 26.3 Å². The van der Waals surface area contributed by atoms with Gasteiger partial charge in [0.1, 0.15) is 6.17 Å². The average Bonchev–Trinajstić information content (AvgIpc) is 3.10. The lowest BCUT2D eigenvalue weighted by atomic mass is 9.85. The molecule has 2 aromatic rings. The van der Waals surface area contributed by atoms with Crippen molar-refractivity contribution >= 4 is 22.3 Å². The number of dihydropyridines is 1. The molecule has 1 aromatic heterocycles. The molecule has 1 aromatic carbocycles. The van der Waals surface area contributed by atoms with Crippen LogP contribution in [0.3, 0.4) is 0 Å². The molecule has 0 spiro atoms. The second-order valence-electron chi connectivity index (χ2n) is 7.09. The smallest absolute Gasteiger partial charge is 0.151 e. The van der Waals surface area contributed by atoms with Gasteiger partial charge in [0.25, 0.3) is 0 Å². The first-order valence-electron chi connectivity index (χ1n) is 7.83. The van der Waals surface area contributed by atoms with Gasteiger partial charge >= 0.3 is 0 Å². The van der Waals surface area contributed by atoms with Crippen LogP contribution < -0.4 is 16.5 Å². The summed E-state index contributed by atoms with van der Waals surface area (Å²) in [6.07, 6.45) is 4.19. The number of hydrogen-bond acceptors (Lipinski definition) is 4. The SMILES string of the molecule is CC(C)(C)C1=CC(c2c[nH]c3ccccc23)=C2C(N)=NNC2N1. The van der Waals surface area contributed by atoms with Crippen LogP contribution in [0.5, 0.6) is 0 Å². The molecule has 1 unspecified atom stereocenters. The van der Waals surface area contributed by atoms with Crippen molar-refractivity contribution < 1.29 is 0 Å². The normalized spacial score (nSPS) is 20.7. The fourth-order valence-electron chi connectivity index (χ4n) is 3.17. The van der Waals surface area contributed by atoms with Gasteiger partial charge in [-0.15, -0.1) is 0 Å². The molecular formula is C18H21N5. The minimum absolute atomic E-state index is 0.0158. The van der Waals surface area contributed by atoms with E-state index in [9.17, 15) is 0 Å². The Labute approximate surface area is 135 Å². The Morgan fingerprint density at radius 1 is 1.17 bits per heavy atom.